The van der Waals surface area contributed by atoms with Crippen LogP contribution in [0.25, 0.3) is 0 Å². The van der Waals surface area contributed by atoms with Crippen molar-refractivity contribution in [1.29, 1.82) is 0 Å². The van der Waals surface area contributed by atoms with Crippen molar-refractivity contribution in [2.24, 2.45) is 0 Å². The van der Waals surface area contributed by atoms with Crippen LogP contribution in [0.5, 0.6) is 0 Å². The van der Waals surface area contributed by atoms with E-state index in [1.54, 1.807) is 6.92 Å². The van der Waals surface area contributed by atoms with Gasteiger partial charge in [0.25, 0.3) is 0 Å². The van der Waals surface area contributed by atoms with E-state index in [0.717, 1.165) is 0 Å². The van der Waals surface area contributed by atoms with E-state index in [1.165, 1.54) is 25.1 Å². The van der Waals surface area contributed by atoms with Crippen LogP contribution in [0.3, 0.4) is 0 Å². The maximum atomic E-state index is 13.0. The number of hydrogen-bond donors (Lipinski definition) is 3. The Bertz CT molecular complexity index is 524. The molecule has 0 saturated heterocycles. The number of carbonyl (C=O) groups is 2. The van der Waals surface area contributed by atoms with Crippen molar-refractivity contribution < 1.29 is 19.1 Å². The van der Waals surface area contributed by atoms with Crippen LogP contribution < -0.4 is 10.6 Å². The van der Waals surface area contributed by atoms with Crippen molar-refractivity contribution in [3.8, 4) is 0 Å². The van der Waals surface area contributed by atoms with Crippen LogP contribution in [0.2, 0.25) is 5.02 Å². The molecule has 1 aromatic carbocycles. The summed E-state index contributed by atoms with van der Waals surface area (Å²) >= 11 is 5.62. The first-order chi connectivity index (χ1) is 9.28. The van der Waals surface area contributed by atoms with E-state index < -0.39 is 23.4 Å². The van der Waals surface area contributed by atoms with Gasteiger partial charge in [-0.2, -0.15) is 0 Å². The summed E-state index contributed by atoms with van der Waals surface area (Å²) in [6, 6.07) is 3.47. The lowest BCUT2D eigenvalue weighted by atomic mass is 10.00. The molecule has 0 aliphatic rings. The monoisotopic (exact) mass is 302 g/mol. The summed E-state index contributed by atoms with van der Waals surface area (Å²) in [6.45, 7) is 3.20. The molecule has 0 radical (unpaired) electrons. The second kappa shape index (κ2) is 6.56. The summed E-state index contributed by atoms with van der Waals surface area (Å²) in [7, 11) is 0. The Morgan fingerprint density at radius 1 is 1.45 bits per heavy atom. The van der Waals surface area contributed by atoms with Gasteiger partial charge in [-0.05, 0) is 31.0 Å². The minimum Gasteiger partial charge on any atom is -0.480 e. The van der Waals surface area contributed by atoms with Gasteiger partial charge in [0.2, 0.25) is 0 Å². The van der Waals surface area contributed by atoms with Gasteiger partial charge >= 0.3 is 12.0 Å². The first-order valence-electron chi connectivity index (χ1n) is 6.02. The molecule has 0 aliphatic heterocycles. The summed E-state index contributed by atoms with van der Waals surface area (Å²) in [5, 5.41) is 13.9. The molecule has 1 rings (SSSR count). The third-order valence-corrected chi connectivity index (χ3v) is 3.30. The second-order valence-electron chi connectivity index (χ2n) is 4.55. The molecule has 0 bridgehead atoms. The van der Waals surface area contributed by atoms with Gasteiger partial charge in [-0.3, -0.25) is 0 Å². The summed E-state index contributed by atoms with van der Waals surface area (Å²) in [5.41, 5.74) is -0.718. The maximum absolute atomic E-state index is 13.0. The number of amides is 2. The lowest BCUT2D eigenvalue weighted by molar-refractivity contribution is -0.143. The molecule has 0 aliphatic carbocycles. The highest BCUT2D eigenvalue weighted by Crippen LogP contribution is 2.16. The number of hydrogen-bond acceptors (Lipinski definition) is 2. The van der Waals surface area contributed by atoms with E-state index >= 15 is 0 Å². The number of benzene rings is 1. The van der Waals surface area contributed by atoms with Crippen molar-refractivity contribution >= 4 is 23.6 Å². The molecule has 2 amide bonds. The summed E-state index contributed by atoms with van der Waals surface area (Å²) < 4.78 is 13.0. The van der Waals surface area contributed by atoms with Gasteiger partial charge in [-0.25, -0.2) is 14.0 Å². The highest BCUT2D eigenvalue weighted by molar-refractivity contribution is 6.30. The van der Waals surface area contributed by atoms with Crippen LogP contribution >= 0.6 is 11.6 Å². The molecule has 0 spiro atoms. The molecule has 0 heterocycles. The molecule has 1 aromatic rings. The number of carboxylic acid groups (broad SMARTS) is 1. The molecule has 0 fully saturated rings. The number of halogens is 2. The zero-order chi connectivity index (χ0) is 15.3. The predicted octanol–water partition coefficient (Wildman–Crippen LogP) is 2.53. The molecule has 1 unspecified atom stereocenters. The van der Waals surface area contributed by atoms with Crippen molar-refractivity contribution in [3.63, 3.8) is 0 Å². The van der Waals surface area contributed by atoms with Gasteiger partial charge in [-0.15, -0.1) is 0 Å². The smallest absolute Gasteiger partial charge is 0.329 e. The quantitative estimate of drug-likeness (QED) is 0.782. The largest absolute Gasteiger partial charge is 0.480 e. The SMILES string of the molecule is CCC(C)(NC(=O)NCc1ccc(F)c(Cl)c1)C(=O)O. The van der Waals surface area contributed by atoms with Crippen molar-refractivity contribution in [3.05, 3.63) is 34.6 Å². The van der Waals surface area contributed by atoms with Gasteiger partial charge < -0.3 is 15.7 Å². The first kappa shape index (κ1) is 16.2. The third kappa shape index (κ3) is 4.09. The fourth-order valence-electron chi connectivity index (χ4n) is 1.42. The average molecular weight is 303 g/mol. The Kier molecular flexibility index (Phi) is 5.33. The molecule has 5 nitrogen and oxygen atoms in total. The number of nitrogens with one attached hydrogen (secondary N) is 2. The van der Waals surface area contributed by atoms with Crippen molar-refractivity contribution in [1.82, 2.24) is 10.6 Å². The van der Waals surface area contributed by atoms with Crippen molar-refractivity contribution in [2.45, 2.75) is 32.4 Å². The van der Waals surface area contributed by atoms with E-state index in [9.17, 15) is 14.0 Å². The van der Waals surface area contributed by atoms with Crippen LogP contribution in [0.15, 0.2) is 18.2 Å². The molecule has 3 N–H and O–H groups in total. The lowest BCUT2D eigenvalue weighted by Gasteiger charge is -2.24. The molecular weight excluding hydrogens is 287 g/mol. The summed E-state index contributed by atoms with van der Waals surface area (Å²) in [4.78, 5) is 22.7. The van der Waals surface area contributed by atoms with Crippen LogP contribution in [0.4, 0.5) is 9.18 Å². The second-order valence-corrected chi connectivity index (χ2v) is 4.95. The van der Waals surface area contributed by atoms with Crippen molar-refractivity contribution in [2.75, 3.05) is 0 Å². The minimum atomic E-state index is -1.33. The lowest BCUT2D eigenvalue weighted by Crippen LogP contribution is -2.54. The fraction of sp³-hybridized carbons (Fsp3) is 0.385. The Balaban J connectivity index is 2.59. The van der Waals surface area contributed by atoms with E-state index in [-0.39, 0.29) is 18.0 Å². The Morgan fingerprint density at radius 3 is 2.60 bits per heavy atom. The predicted molar refractivity (Wildman–Crippen MR) is 73.1 cm³/mol. The fourth-order valence-corrected chi connectivity index (χ4v) is 1.62. The molecule has 0 saturated carbocycles. The number of carbonyl (C=O) groups excluding carboxylic acids is 1. The topological polar surface area (TPSA) is 78.4 Å². The van der Waals surface area contributed by atoms with Crippen LogP contribution in [0, 0.1) is 5.82 Å². The standard InChI is InChI=1S/C13H16ClFN2O3/c1-3-13(2,11(18)19)17-12(20)16-7-8-4-5-10(15)9(14)6-8/h4-6H,3,7H2,1-2H3,(H,18,19)(H2,16,17,20). The maximum Gasteiger partial charge on any atom is 0.329 e. The van der Waals surface area contributed by atoms with E-state index in [1.807, 2.05) is 0 Å². The molecule has 7 heteroatoms. The number of urea groups is 1. The molecule has 1 atom stereocenters. The highest BCUT2D eigenvalue weighted by Gasteiger charge is 2.32. The normalized spacial score (nSPS) is 13.4. The van der Waals surface area contributed by atoms with E-state index in [4.69, 9.17) is 16.7 Å². The number of carboxylic acids is 1. The Labute approximate surface area is 121 Å². The number of rotatable bonds is 5. The Morgan fingerprint density at radius 2 is 2.10 bits per heavy atom. The molecular formula is C13H16ClFN2O3. The third-order valence-electron chi connectivity index (χ3n) is 3.01. The molecule has 110 valence electrons. The van der Waals surface area contributed by atoms with E-state index in [0.29, 0.717) is 5.56 Å². The Hall–Kier alpha value is -1.82. The number of aliphatic carboxylic acids is 1. The van der Waals surface area contributed by atoms with Gasteiger partial charge in [0.05, 0.1) is 5.02 Å². The van der Waals surface area contributed by atoms with E-state index in [2.05, 4.69) is 10.6 Å². The summed E-state index contributed by atoms with van der Waals surface area (Å²) in [6.07, 6.45) is 0.248. The summed E-state index contributed by atoms with van der Waals surface area (Å²) in [5.74, 6) is -1.65. The van der Waals surface area contributed by atoms with Gasteiger partial charge in [-0.1, -0.05) is 24.6 Å². The zero-order valence-electron chi connectivity index (χ0n) is 11.2. The molecule has 20 heavy (non-hydrogen) atoms. The van der Waals surface area contributed by atoms with Crippen LogP contribution in [0.1, 0.15) is 25.8 Å². The first-order valence-corrected chi connectivity index (χ1v) is 6.39. The average Bonchev–Trinajstić information content (AvgIpc) is 2.39. The van der Waals surface area contributed by atoms with Gasteiger partial charge in [0, 0.05) is 6.54 Å². The van der Waals surface area contributed by atoms with Crippen LogP contribution in [-0.2, 0) is 11.3 Å². The minimum absolute atomic E-state index is 0.0337. The molecule has 0 aromatic heterocycles. The van der Waals surface area contributed by atoms with Crippen LogP contribution in [-0.4, -0.2) is 22.6 Å². The highest BCUT2D eigenvalue weighted by atomic mass is 35.5. The van der Waals surface area contributed by atoms with Gasteiger partial charge in [0.1, 0.15) is 11.4 Å². The van der Waals surface area contributed by atoms with Gasteiger partial charge in [0.15, 0.2) is 0 Å². The zero-order valence-corrected chi connectivity index (χ0v) is 11.9.